The summed E-state index contributed by atoms with van der Waals surface area (Å²) in [7, 11) is 0. The predicted molar refractivity (Wildman–Crippen MR) is 68.5 cm³/mol. The van der Waals surface area contributed by atoms with Crippen LogP contribution in [0.15, 0.2) is 48.5 Å². The van der Waals surface area contributed by atoms with E-state index in [1.165, 1.54) is 0 Å². The van der Waals surface area contributed by atoms with Gasteiger partial charge in [-0.3, -0.25) is 0 Å². The van der Waals surface area contributed by atoms with Crippen molar-refractivity contribution in [2.24, 2.45) is 0 Å². The lowest BCUT2D eigenvalue weighted by atomic mass is 10.1. The maximum Gasteiger partial charge on any atom is 0.120 e. The second-order valence-corrected chi connectivity index (χ2v) is 3.91. The molecule has 0 aliphatic rings. The zero-order valence-electron chi connectivity index (χ0n) is 9.84. The van der Waals surface area contributed by atoms with Gasteiger partial charge in [0.15, 0.2) is 0 Å². The van der Waals surface area contributed by atoms with Gasteiger partial charge in [0.1, 0.15) is 11.5 Å². The van der Waals surface area contributed by atoms with Crippen LogP contribution < -0.4 is 4.74 Å². The largest absolute Gasteiger partial charge is 0.508 e. The molecule has 90 valence electrons. The normalized spacial score (nSPS) is 9.72. The van der Waals surface area contributed by atoms with Crippen molar-refractivity contribution in [2.45, 2.75) is 6.42 Å². The summed E-state index contributed by atoms with van der Waals surface area (Å²) in [6.07, 6.45) is 0.713. The molecule has 3 heteroatoms. The summed E-state index contributed by atoms with van der Waals surface area (Å²) < 4.78 is 5.56. The van der Waals surface area contributed by atoms with Crippen molar-refractivity contribution in [1.29, 1.82) is 5.26 Å². The van der Waals surface area contributed by atoms with E-state index in [-0.39, 0.29) is 5.75 Å². The summed E-state index contributed by atoms with van der Waals surface area (Å²) in [6.45, 7) is 0.512. The molecule has 0 heterocycles. The number of hydrogen-bond acceptors (Lipinski definition) is 3. The van der Waals surface area contributed by atoms with Gasteiger partial charge < -0.3 is 9.84 Å². The lowest BCUT2D eigenvalue weighted by molar-refractivity contribution is 0.321. The Labute approximate surface area is 106 Å². The van der Waals surface area contributed by atoms with Gasteiger partial charge in [0.2, 0.25) is 0 Å². The smallest absolute Gasteiger partial charge is 0.120 e. The van der Waals surface area contributed by atoms with Crippen LogP contribution in [0.3, 0.4) is 0 Å². The number of ether oxygens (including phenoxy) is 1. The van der Waals surface area contributed by atoms with Crippen molar-refractivity contribution in [2.75, 3.05) is 6.61 Å². The molecule has 0 aliphatic heterocycles. The van der Waals surface area contributed by atoms with Gasteiger partial charge in [-0.2, -0.15) is 5.26 Å². The second-order valence-electron chi connectivity index (χ2n) is 3.91. The Balaban J connectivity index is 1.90. The van der Waals surface area contributed by atoms with Crippen LogP contribution in [0.2, 0.25) is 0 Å². The Morgan fingerprint density at radius 1 is 1.11 bits per heavy atom. The second kappa shape index (κ2) is 5.74. The Hall–Kier alpha value is -2.47. The molecule has 2 aromatic carbocycles. The van der Waals surface area contributed by atoms with E-state index in [1.807, 2.05) is 12.1 Å². The molecule has 0 unspecified atom stereocenters. The lowest BCUT2D eigenvalue weighted by Gasteiger charge is -2.06. The van der Waals surface area contributed by atoms with Crippen LogP contribution in [0.1, 0.15) is 11.1 Å². The predicted octanol–water partition coefficient (Wildman–Crippen LogP) is 2.89. The third-order valence-electron chi connectivity index (χ3n) is 2.53. The molecule has 0 amide bonds. The van der Waals surface area contributed by atoms with Crippen LogP contribution in [-0.2, 0) is 6.42 Å². The minimum absolute atomic E-state index is 0.263. The molecule has 3 nitrogen and oxygen atoms in total. The maximum atomic E-state index is 9.32. The first-order chi connectivity index (χ1) is 8.78. The Morgan fingerprint density at radius 3 is 2.72 bits per heavy atom. The van der Waals surface area contributed by atoms with Crippen molar-refractivity contribution in [3.8, 4) is 17.6 Å². The summed E-state index contributed by atoms with van der Waals surface area (Å²) in [6, 6.07) is 16.2. The summed E-state index contributed by atoms with van der Waals surface area (Å²) >= 11 is 0. The molecule has 2 rings (SSSR count). The average molecular weight is 239 g/mol. The SMILES string of the molecule is N#Cc1cccc(OCCc2cccc(O)c2)c1. The zero-order valence-corrected chi connectivity index (χ0v) is 9.84. The molecule has 0 aromatic heterocycles. The lowest BCUT2D eigenvalue weighted by Crippen LogP contribution is -2.01. The highest BCUT2D eigenvalue weighted by atomic mass is 16.5. The summed E-state index contributed by atoms with van der Waals surface area (Å²) in [5, 5.41) is 18.1. The van der Waals surface area contributed by atoms with Gasteiger partial charge in [-0.25, -0.2) is 0 Å². The van der Waals surface area contributed by atoms with Crippen molar-refractivity contribution in [3.63, 3.8) is 0 Å². The first-order valence-electron chi connectivity index (χ1n) is 5.69. The van der Waals surface area contributed by atoms with Crippen LogP contribution in [0, 0.1) is 11.3 Å². The van der Waals surface area contributed by atoms with Gasteiger partial charge >= 0.3 is 0 Å². The highest BCUT2D eigenvalue weighted by molar-refractivity contribution is 5.36. The first-order valence-corrected chi connectivity index (χ1v) is 5.69. The number of hydrogen-bond donors (Lipinski definition) is 1. The highest BCUT2D eigenvalue weighted by Gasteiger charge is 1.98. The fourth-order valence-corrected chi connectivity index (χ4v) is 1.65. The van der Waals surface area contributed by atoms with Gasteiger partial charge in [-0.1, -0.05) is 18.2 Å². The molecule has 0 saturated heterocycles. The van der Waals surface area contributed by atoms with Crippen LogP contribution in [0.5, 0.6) is 11.5 Å². The fraction of sp³-hybridized carbons (Fsp3) is 0.133. The molecule has 0 aliphatic carbocycles. The van der Waals surface area contributed by atoms with E-state index in [0.717, 1.165) is 5.56 Å². The van der Waals surface area contributed by atoms with Gasteiger partial charge in [-0.15, -0.1) is 0 Å². The Bertz CT molecular complexity index is 573. The molecular formula is C15H13NO2. The number of nitriles is 1. The van der Waals surface area contributed by atoms with E-state index in [0.29, 0.717) is 24.3 Å². The molecule has 0 fully saturated rings. The van der Waals surface area contributed by atoms with E-state index in [2.05, 4.69) is 6.07 Å². The van der Waals surface area contributed by atoms with E-state index < -0.39 is 0 Å². The van der Waals surface area contributed by atoms with Crippen molar-refractivity contribution in [1.82, 2.24) is 0 Å². The minimum Gasteiger partial charge on any atom is -0.508 e. The molecular weight excluding hydrogens is 226 g/mol. The van der Waals surface area contributed by atoms with Gasteiger partial charge in [0.05, 0.1) is 18.2 Å². The summed E-state index contributed by atoms with van der Waals surface area (Å²) in [4.78, 5) is 0. The number of phenols is 1. The molecule has 0 bridgehead atoms. The third-order valence-corrected chi connectivity index (χ3v) is 2.53. The number of aromatic hydroxyl groups is 1. The highest BCUT2D eigenvalue weighted by Crippen LogP contribution is 2.14. The standard InChI is InChI=1S/C15H13NO2/c16-11-13-4-2-6-15(10-13)18-8-7-12-3-1-5-14(17)9-12/h1-6,9-10,17H,7-8H2. The molecule has 1 N–H and O–H groups in total. The van der Waals surface area contributed by atoms with E-state index in [9.17, 15) is 5.11 Å². The third kappa shape index (κ3) is 3.26. The van der Waals surface area contributed by atoms with E-state index >= 15 is 0 Å². The van der Waals surface area contributed by atoms with Crippen LogP contribution in [-0.4, -0.2) is 11.7 Å². The monoisotopic (exact) mass is 239 g/mol. The molecule has 0 radical (unpaired) electrons. The molecule has 0 spiro atoms. The minimum atomic E-state index is 0.263. The van der Waals surface area contributed by atoms with Crippen molar-refractivity contribution >= 4 is 0 Å². The molecule has 2 aromatic rings. The Kier molecular flexibility index (Phi) is 3.83. The van der Waals surface area contributed by atoms with Crippen molar-refractivity contribution in [3.05, 3.63) is 59.7 Å². The topological polar surface area (TPSA) is 53.2 Å². The number of benzene rings is 2. The quantitative estimate of drug-likeness (QED) is 0.892. The Morgan fingerprint density at radius 2 is 1.94 bits per heavy atom. The fourth-order valence-electron chi connectivity index (χ4n) is 1.65. The van der Waals surface area contributed by atoms with E-state index in [1.54, 1.807) is 36.4 Å². The molecule has 0 atom stereocenters. The van der Waals surface area contributed by atoms with Gasteiger partial charge in [-0.05, 0) is 35.9 Å². The number of nitrogens with zero attached hydrogens (tertiary/aromatic N) is 1. The molecule has 0 saturated carbocycles. The molecule has 18 heavy (non-hydrogen) atoms. The van der Waals surface area contributed by atoms with Gasteiger partial charge in [0, 0.05) is 6.42 Å². The zero-order chi connectivity index (χ0) is 12.8. The van der Waals surface area contributed by atoms with Crippen molar-refractivity contribution < 1.29 is 9.84 Å². The van der Waals surface area contributed by atoms with Crippen LogP contribution >= 0.6 is 0 Å². The van der Waals surface area contributed by atoms with Crippen LogP contribution in [0.25, 0.3) is 0 Å². The van der Waals surface area contributed by atoms with E-state index in [4.69, 9.17) is 10.00 Å². The maximum absolute atomic E-state index is 9.32. The van der Waals surface area contributed by atoms with Gasteiger partial charge in [0.25, 0.3) is 0 Å². The van der Waals surface area contributed by atoms with Crippen LogP contribution in [0.4, 0.5) is 0 Å². The average Bonchev–Trinajstić information content (AvgIpc) is 2.39. The summed E-state index contributed by atoms with van der Waals surface area (Å²) in [5.74, 6) is 0.952. The number of phenolic OH excluding ortho intramolecular Hbond substituents is 1. The number of rotatable bonds is 4. The first kappa shape index (κ1) is 12.0. The summed E-state index contributed by atoms with van der Waals surface area (Å²) in [5.41, 5.74) is 1.61.